The van der Waals surface area contributed by atoms with E-state index in [1.54, 1.807) is 0 Å². The smallest absolute Gasteiger partial charge is 0.000719 e. The second-order valence-corrected chi connectivity index (χ2v) is 18.0. The van der Waals surface area contributed by atoms with E-state index in [0.29, 0.717) is 0 Å². The molecule has 0 saturated heterocycles. The Hall–Kier alpha value is -6.24. The SMILES string of the molecule is CC(C)(C)c1ccc(C(C)(C)C)c(-c2ccc3c4c(-c5ccccc5)c5c(cc6c7ccccc7c7cccc5c76)c(-c5ccccc5)c4c4cccc2c43)c1. The van der Waals surface area contributed by atoms with Gasteiger partial charge in [0.2, 0.25) is 0 Å². The van der Waals surface area contributed by atoms with E-state index in [2.05, 4.69) is 199 Å². The van der Waals surface area contributed by atoms with Crippen LogP contribution in [-0.4, -0.2) is 0 Å². The summed E-state index contributed by atoms with van der Waals surface area (Å²) in [5.41, 5.74) is 10.6. The van der Waals surface area contributed by atoms with Crippen molar-refractivity contribution >= 4 is 75.4 Å². The van der Waals surface area contributed by atoms with Gasteiger partial charge in [0, 0.05) is 0 Å². The summed E-state index contributed by atoms with van der Waals surface area (Å²) in [6, 6.07) is 60.0. The minimum atomic E-state index is -0.0165. The van der Waals surface area contributed by atoms with Crippen LogP contribution in [0.3, 0.4) is 0 Å². The first-order valence-electron chi connectivity index (χ1n) is 20.1. The lowest BCUT2D eigenvalue weighted by Crippen LogP contribution is -2.16. The first-order chi connectivity index (χ1) is 27.1. The van der Waals surface area contributed by atoms with Crippen molar-refractivity contribution in [1.82, 2.24) is 0 Å². The Kier molecular flexibility index (Phi) is 6.88. The summed E-state index contributed by atoms with van der Waals surface area (Å²) in [4.78, 5) is 0. The minimum absolute atomic E-state index is 0.0165. The fraction of sp³-hybridized carbons (Fsp3) is 0.143. The second kappa shape index (κ2) is 11.6. The van der Waals surface area contributed by atoms with Crippen LogP contribution in [-0.2, 0) is 10.8 Å². The molecule has 0 bridgehead atoms. The van der Waals surface area contributed by atoms with E-state index in [1.165, 1.54) is 120 Å². The molecule has 0 nitrogen and oxygen atoms in total. The molecule has 0 aliphatic rings. The van der Waals surface area contributed by atoms with Gasteiger partial charge in [0.25, 0.3) is 0 Å². The summed E-state index contributed by atoms with van der Waals surface area (Å²) in [7, 11) is 0. The largest absolute Gasteiger partial charge is 0.0622 e. The molecule has 0 amide bonds. The zero-order valence-electron chi connectivity index (χ0n) is 33.0. The van der Waals surface area contributed by atoms with E-state index in [9.17, 15) is 0 Å². The fourth-order valence-corrected chi connectivity index (χ4v) is 10.1. The lowest BCUT2D eigenvalue weighted by molar-refractivity contribution is 0.578. The van der Waals surface area contributed by atoms with Crippen LogP contribution >= 0.6 is 0 Å². The van der Waals surface area contributed by atoms with Crippen LogP contribution in [0, 0.1) is 0 Å². The molecular weight excluding hydrogens is 673 g/mol. The number of hydrogen-bond acceptors (Lipinski definition) is 0. The Bertz CT molecular complexity index is 3330. The van der Waals surface area contributed by atoms with Crippen LogP contribution in [0.25, 0.3) is 109 Å². The molecule has 0 atom stereocenters. The van der Waals surface area contributed by atoms with Gasteiger partial charge in [-0.05, 0) is 137 Å². The van der Waals surface area contributed by atoms with E-state index in [0.717, 1.165) is 0 Å². The van der Waals surface area contributed by atoms with Crippen LogP contribution in [0.15, 0.2) is 158 Å². The lowest BCUT2D eigenvalue weighted by Gasteiger charge is -2.27. The predicted molar refractivity (Wildman–Crippen MR) is 245 cm³/mol. The summed E-state index contributed by atoms with van der Waals surface area (Å²) in [5, 5.41) is 18.6. The van der Waals surface area contributed by atoms with Crippen molar-refractivity contribution in [3.05, 3.63) is 169 Å². The first-order valence-corrected chi connectivity index (χ1v) is 20.1. The van der Waals surface area contributed by atoms with E-state index >= 15 is 0 Å². The summed E-state index contributed by atoms with van der Waals surface area (Å²) in [6.07, 6.45) is 0. The van der Waals surface area contributed by atoms with E-state index < -0.39 is 0 Å². The molecule has 0 unspecified atom stereocenters. The molecular formula is C56H44. The third-order valence-electron chi connectivity index (χ3n) is 12.6. The Labute approximate surface area is 328 Å². The van der Waals surface area contributed by atoms with Gasteiger partial charge in [-0.2, -0.15) is 0 Å². The van der Waals surface area contributed by atoms with Crippen LogP contribution in [0.1, 0.15) is 52.7 Å². The van der Waals surface area contributed by atoms with Crippen molar-refractivity contribution in [2.75, 3.05) is 0 Å². The third-order valence-corrected chi connectivity index (χ3v) is 12.6. The first kappa shape index (κ1) is 33.1. The molecule has 0 saturated carbocycles. The molecule has 0 aliphatic carbocycles. The van der Waals surface area contributed by atoms with E-state index in [4.69, 9.17) is 0 Å². The zero-order valence-corrected chi connectivity index (χ0v) is 33.0. The maximum absolute atomic E-state index is 2.53. The van der Waals surface area contributed by atoms with Gasteiger partial charge in [-0.15, -0.1) is 0 Å². The van der Waals surface area contributed by atoms with Gasteiger partial charge in [-0.25, -0.2) is 0 Å². The van der Waals surface area contributed by atoms with Crippen molar-refractivity contribution in [2.24, 2.45) is 0 Å². The fourth-order valence-electron chi connectivity index (χ4n) is 10.1. The van der Waals surface area contributed by atoms with Crippen molar-refractivity contribution < 1.29 is 0 Å². The number of fused-ring (bicyclic) bond motifs is 8. The van der Waals surface area contributed by atoms with Gasteiger partial charge in [0.05, 0.1) is 0 Å². The van der Waals surface area contributed by atoms with Gasteiger partial charge in [-0.3, -0.25) is 0 Å². The van der Waals surface area contributed by atoms with Crippen LogP contribution in [0.5, 0.6) is 0 Å². The van der Waals surface area contributed by atoms with Gasteiger partial charge < -0.3 is 0 Å². The van der Waals surface area contributed by atoms with Gasteiger partial charge in [-0.1, -0.05) is 193 Å². The van der Waals surface area contributed by atoms with Crippen LogP contribution < -0.4 is 0 Å². The molecule has 0 heteroatoms. The minimum Gasteiger partial charge on any atom is -0.0622 e. The maximum Gasteiger partial charge on any atom is -0.000719 e. The molecule has 11 aromatic rings. The normalized spacial score (nSPS) is 12.8. The lowest BCUT2D eigenvalue weighted by atomic mass is 9.77. The van der Waals surface area contributed by atoms with Crippen molar-refractivity contribution in [3.63, 3.8) is 0 Å². The molecule has 0 N–H and O–H groups in total. The predicted octanol–water partition coefficient (Wildman–Crippen LogP) is 16.2. The second-order valence-electron chi connectivity index (χ2n) is 18.0. The van der Waals surface area contributed by atoms with Gasteiger partial charge in [0.1, 0.15) is 0 Å². The third kappa shape index (κ3) is 4.59. The Morgan fingerprint density at radius 1 is 0.286 bits per heavy atom. The average Bonchev–Trinajstić information content (AvgIpc) is 3.71. The highest BCUT2D eigenvalue weighted by Crippen LogP contribution is 2.55. The van der Waals surface area contributed by atoms with E-state index in [-0.39, 0.29) is 10.8 Å². The number of rotatable bonds is 3. The van der Waals surface area contributed by atoms with Crippen LogP contribution in [0.4, 0.5) is 0 Å². The molecule has 0 spiro atoms. The number of benzene rings is 9. The van der Waals surface area contributed by atoms with Crippen LogP contribution in [0.2, 0.25) is 0 Å². The summed E-state index contributed by atoms with van der Waals surface area (Å²) < 4.78 is 0. The topological polar surface area (TPSA) is 0 Å². The van der Waals surface area contributed by atoms with Crippen molar-refractivity contribution in [2.45, 2.75) is 52.4 Å². The standard InChI is InChI=1S/C56H44/c1-55(2,3)35-27-30-47(56(4,5)6)44(31-35)38-28-29-43-50-40(38)24-16-26-42(50)53-48(33-17-9-7-10-18-33)46-32-45-37-22-14-13-21-36(37)39-23-15-25-41(51(39)45)52(46)49(54(43)53)34-19-11-8-12-20-34/h7-32H,1-6H3. The summed E-state index contributed by atoms with van der Waals surface area (Å²) in [5.74, 6) is 0. The Morgan fingerprint density at radius 3 is 1.46 bits per heavy atom. The van der Waals surface area contributed by atoms with E-state index in [1.807, 2.05) is 0 Å². The molecule has 0 fully saturated rings. The van der Waals surface area contributed by atoms with Gasteiger partial charge in [0.15, 0.2) is 0 Å². The molecule has 11 rings (SSSR count). The molecule has 56 heavy (non-hydrogen) atoms. The summed E-state index contributed by atoms with van der Waals surface area (Å²) >= 11 is 0. The molecule has 0 aliphatic heterocycles. The van der Waals surface area contributed by atoms with Gasteiger partial charge >= 0.3 is 0 Å². The summed E-state index contributed by atoms with van der Waals surface area (Å²) in [6.45, 7) is 14.0. The molecule has 0 aromatic heterocycles. The highest BCUT2D eigenvalue weighted by Gasteiger charge is 2.28. The highest BCUT2D eigenvalue weighted by molar-refractivity contribution is 6.45. The molecule has 268 valence electrons. The number of hydrogen-bond donors (Lipinski definition) is 0. The average molecular weight is 717 g/mol. The highest BCUT2D eigenvalue weighted by atomic mass is 14.3. The van der Waals surface area contributed by atoms with Crippen molar-refractivity contribution in [3.8, 4) is 33.4 Å². The molecule has 11 aromatic carbocycles. The van der Waals surface area contributed by atoms with Crippen molar-refractivity contribution in [1.29, 1.82) is 0 Å². The molecule has 0 radical (unpaired) electrons. The zero-order chi connectivity index (χ0) is 38.1. The monoisotopic (exact) mass is 716 g/mol. The Morgan fingerprint density at radius 2 is 0.804 bits per heavy atom. The quantitative estimate of drug-likeness (QED) is 0.160. The maximum atomic E-state index is 2.53. The Balaban J connectivity index is 1.40. The molecule has 0 heterocycles.